The number of primary amides is 1. The van der Waals surface area contributed by atoms with Crippen LogP contribution >= 0.6 is 0 Å². The van der Waals surface area contributed by atoms with E-state index >= 15 is 0 Å². The van der Waals surface area contributed by atoms with Gasteiger partial charge in [-0.15, -0.1) is 0 Å². The number of rotatable bonds is 6. The Morgan fingerprint density at radius 1 is 1.30 bits per heavy atom. The molecule has 4 rings (SSSR count). The summed E-state index contributed by atoms with van der Waals surface area (Å²) in [5.74, 6) is -0.569. The van der Waals surface area contributed by atoms with Gasteiger partial charge in [-0.25, -0.2) is 4.98 Å². The van der Waals surface area contributed by atoms with Gasteiger partial charge in [-0.1, -0.05) is 0 Å². The molecule has 3 N–H and O–H groups in total. The van der Waals surface area contributed by atoms with Gasteiger partial charge in [-0.3, -0.25) is 29.4 Å². The molecule has 1 atom stereocenters. The van der Waals surface area contributed by atoms with Crippen molar-refractivity contribution in [3.63, 3.8) is 0 Å². The lowest BCUT2D eigenvalue weighted by atomic mass is 9.97. The normalized spacial score (nSPS) is 17.7. The molecule has 2 aromatic rings. The van der Waals surface area contributed by atoms with Crippen molar-refractivity contribution in [2.45, 2.75) is 12.8 Å². The largest absolute Gasteiger partial charge is 0.482 e. The molecule has 2 aliphatic heterocycles. The van der Waals surface area contributed by atoms with Crippen LogP contribution < -0.4 is 25.6 Å². The molecule has 1 fully saturated rings. The average Bonchev–Trinajstić information content (AvgIpc) is 2.81. The fourth-order valence-electron chi connectivity index (χ4n) is 3.89. The molecule has 1 unspecified atom stereocenters. The first-order chi connectivity index (χ1) is 15.8. The molecule has 2 aliphatic rings. The van der Waals surface area contributed by atoms with Crippen molar-refractivity contribution in [3.8, 4) is 5.75 Å². The van der Waals surface area contributed by atoms with E-state index in [9.17, 15) is 24.5 Å². The molecule has 3 heterocycles. The number of ether oxygens (including phenoxy) is 1. The van der Waals surface area contributed by atoms with E-state index in [-0.39, 0.29) is 42.1 Å². The summed E-state index contributed by atoms with van der Waals surface area (Å²) in [6.45, 7) is 0.646. The minimum Gasteiger partial charge on any atom is -0.482 e. The van der Waals surface area contributed by atoms with Crippen molar-refractivity contribution in [1.82, 2.24) is 4.98 Å². The van der Waals surface area contributed by atoms with Crippen molar-refractivity contribution < 1.29 is 24.0 Å². The topological polar surface area (TPSA) is 161 Å². The SMILES string of the molecule is NC(=O)C1CCCN(c2ccc(NC(=O)CN3C(=O)COc4ccc([N+](=O)[O-])cc43)cn2)C1. The predicted molar refractivity (Wildman–Crippen MR) is 118 cm³/mol. The lowest BCUT2D eigenvalue weighted by Crippen LogP contribution is -2.43. The first-order valence-corrected chi connectivity index (χ1v) is 10.3. The van der Waals surface area contributed by atoms with Crippen LogP contribution in [0.25, 0.3) is 0 Å². The number of piperidine rings is 1. The van der Waals surface area contributed by atoms with Crippen LogP contribution in [0.3, 0.4) is 0 Å². The van der Waals surface area contributed by atoms with Gasteiger partial charge < -0.3 is 20.7 Å². The van der Waals surface area contributed by atoms with E-state index in [1.54, 1.807) is 12.1 Å². The number of non-ortho nitro benzene ring substituents is 1. The number of aromatic nitrogens is 1. The van der Waals surface area contributed by atoms with Crippen LogP contribution in [0.15, 0.2) is 36.5 Å². The smallest absolute Gasteiger partial charge is 0.271 e. The summed E-state index contributed by atoms with van der Waals surface area (Å²) in [5.41, 5.74) is 5.80. The Bertz CT molecular complexity index is 1100. The van der Waals surface area contributed by atoms with Gasteiger partial charge in [0.05, 0.1) is 28.4 Å². The molecule has 0 bridgehead atoms. The number of pyridine rings is 1. The summed E-state index contributed by atoms with van der Waals surface area (Å²) in [6.07, 6.45) is 3.08. The minimum absolute atomic E-state index is 0.165. The zero-order valence-electron chi connectivity index (χ0n) is 17.6. The van der Waals surface area contributed by atoms with Crippen molar-refractivity contribution >= 4 is 40.6 Å². The van der Waals surface area contributed by atoms with Crippen molar-refractivity contribution in [2.24, 2.45) is 11.7 Å². The lowest BCUT2D eigenvalue weighted by molar-refractivity contribution is -0.384. The van der Waals surface area contributed by atoms with Crippen molar-refractivity contribution in [3.05, 3.63) is 46.6 Å². The standard InChI is InChI=1S/C21H22N6O6/c22-21(30)13-2-1-7-25(10-13)18-6-3-14(9-23-18)24-19(28)11-26-16-8-15(27(31)32)4-5-17(16)33-12-20(26)29/h3-6,8-9,13H,1-2,7,10-12H2,(H2,22,30)(H,24,28). The first kappa shape index (κ1) is 22.0. The van der Waals surface area contributed by atoms with E-state index in [0.29, 0.717) is 18.1 Å². The number of anilines is 3. The summed E-state index contributed by atoms with van der Waals surface area (Å²) in [6, 6.07) is 7.28. The summed E-state index contributed by atoms with van der Waals surface area (Å²) < 4.78 is 5.30. The Kier molecular flexibility index (Phi) is 6.07. The second kappa shape index (κ2) is 9.10. The fraction of sp³-hybridized carbons (Fsp3) is 0.333. The number of benzene rings is 1. The average molecular weight is 454 g/mol. The third kappa shape index (κ3) is 4.84. The van der Waals surface area contributed by atoms with Crippen LogP contribution in [0.2, 0.25) is 0 Å². The second-order valence-electron chi connectivity index (χ2n) is 7.82. The van der Waals surface area contributed by atoms with Crippen LogP contribution in [0, 0.1) is 16.0 Å². The summed E-state index contributed by atoms with van der Waals surface area (Å²) in [4.78, 5) is 54.4. The Morgan fingerprint density at radius 2 is 2.12 bits per heavy atom. The quantitative estimate of drug-likeness (QED) is 0.484. The van der Waals surface area contributed by atoms with Crippen LogP contribution in [0.4, 0.5) is 22.9 Å². The van der Waals surface area contributed by atoms with E-state index in [2.05, 4.69) is 10.3 Å². The molecule has 1 aromatic heterocycles. The number of nitrogens with one attached hydrogen (secondary N) is 1. The molecule has 12 heteroatoms. The van der Waals surface area contributed by atoms with Crippen LogP contribution in [0.1, 0.15) is 12.8 Å². The Balaban J connectivity index is 1.42. The van der Waals surface area contributed by atoms with Crippen molar-refractivity contribution in [1.29, 1.82) is 0 Å². The highest BCUT2D eigenvalue weighted by molar-refractivity contribution is 6.05. The van der Waals surface area contributed by atoms with E-state index < -0.39 is 16.7 Å². The van der Waals surface area contributed by atoms with E-state index in [1.807, 2.05) is 4.90 Å². The Morgan fingerprint density at radius 3 is 2.82 bits per heavy atom. The number of carbonyl (C=O) groups is 3. The third-order valence-electron chi connectivity index (χ3n) is 5.58. The number of amides is 3. The third-order valence-corrected chi connectivity index (χ3v) is 5.58. The van der Waals surface area contributed by atoms with E-state index in [4.69, 9.17) is 10.5 Å². The second-order valence-corrected chi connectivity index (χ2v) is 7.82. The highest BCUT2D eigenvalue weighted by atomic mass is 16.6. The number of hydrogen-bond donors (Lipinski definition) is 2. The van der Waals surface area contributed by atoms with E-state index in [1.165, 1.54) is 24.4 Å². The molecular formula is C21H22N6O6. The molecule has 3 amide bonds. The molecule has 0 saturated carbocycles. The zero-order chi connectivity index (χ0) is 23.5. The van der Waals surface area contributed by atoms with Gasteiger partial charge in [0.1, 0.15) is 18.1 Å². The number of nitrogens with zero attached hydrogens (tertiary/aromatic N) is 4. The molecular weight excluding hydrogens is 432 g/mol. The minimum atomic E-state index is -0.585. The van der Waals surface area contributed by atoms with Crippen LogP contribution in [-0.2, 0) is 14.4 Å². The van der Waals surface area contributed by atoms with Gasteiger partial charge in [-0.05, 0) is 31.0 Å². The molecule has 0 aliphatic carbocycles. The Labute approximate surface area is 188 Å². The molecule has 172 valence electrons. The maximum absolute atomic E-state index is 12.6. The molecule has 1 aromatic carbocycles. The molecule has 12 nitrogen and oxygen atoms in total. The van der Waals surface area contributed by atoms with Gasteiger partial charge in [0.2, 0.25) is 11.8 Å². The van der Waals surface area contributed by atoms with Gasteiger partial charge in [0, 0.05) is 25.2 Å². The molecule has 0 spiro atoms. The number of carbonyl (C=O) groups excluding carboxylic acids is 3. The highest BCUT2D eigenvalue weighted by Crippen LogP contribution is 2.35. The lowest BCUT2D eigenvalue weighted by Gasteiger charge is -2.32. The summed E-state index contributed by atoms with van der Waals surface area (Å²) in [7, 11) is 0. The summed E-state index contributed by atoms with van der Waals surface area (Å²) >= 11 is 0. The Hall–Kier alpha value is -4.22. The van der Waals surface area contributed by atoms with E-state index in [0.717, 1.165) is 24.3 Å². The number of fused-ring (bicyclic) bond motifs is 1. The number of hydrogen-bond acceptors (Lipinski definition) is 8. The first-order valence-electron chi connectivity index (χ1n) is 10.3. The number of nitro groups is 1. The summed E-state index contributed by atoms with van der Waals surface area (Å²) in [5, 5.41) is 13.8. The van der Waals surface area contributed by atoms with Crippen LogP contribution in [-0.4, -0.2) is 53.9 Å². The molecule has 0 radical (unpaired) electrons. The van der Waals surface area contributed by atoms with Crippen LogP contribution in [0.5, 0.6) is 5.75 Å². The van der Waals surface area contributed by atoms with Gasteiger partial charge in [0.15, 0.2) is 6.61 Å². The van der Waals surface area contributed by atoms with Gasteiger partial charge in [-0.2, -0.15) is 0 Å². The monoisotopic (exact) mass is 454 g/mol. The fourth-order valence-corrected chi connectivity index (χ4v) is 3.89. The predicted octanol–water partition coefficient (Wildman–Crippen LogP) is 1.06. The maximum Gasteiger partial charge on any atom is 0.271 e. The number of nitrogens with two attached hydrogens (primary N) is 1. The highest BCUT2D eigenvalue weighted by Gasteiger charge is 2.29. The zero-order valence-corrected chi connectivity index (χ0v) is 17.6. The molecule has 1 saturated heterocycles. The van der Waals surface area contributed by atoms with Gasteiger partial charge in [0.25, 0.3) is 11.6 Å². The maximum atomic E-state index is 12.6. The van der Waals surface area contributed by atoms with Gasteiger partial charge >= 0.3 is 0 Å². The number of nitro benzene ring substituents is 1. The van der Waals surface area contributed by atoms with Crippen molar-refractivity contribution in [2.75, 3.05) is 41.4 Å². The molecule has 33 heavy (non-hydrogen) atoms.